The van der Waals surface area contributed by atoms with Gasteiger partial charge in [-0.3, -0.25) is 4.79 Å². The molecular formula is C17H20ClN5O3S. The second-order valence-corrected chi connectivity index (χ2v) is 9.34. The van der Waals surface area contributed by atoms with Gasteiger partial charge in [0.1, 0.15) is 5.69 Å². The number of sulfonamides is 1. The molecule has 1 aromatic carbocycles. The third-order valence-electron chi connectivity index (χ3n) is 5.05. The van der Waals surface area contributed by atoms with Crippen LogP contribution in [0.3, 0.4) is 0 Å². The third kappa shape index (κ3) is 3.46. The molecule has 10 heteroatoms. The Kier molecular flexibility index (Phi) is 4.69. The van der Waals surface area contributed by atoms with E-state index in [0.717, 1.165) is 18.7 Å². The molecule has 2 aliphatic rings. The van der Waals surface area contributed by atoms with Crippen LogP contribution in [0.25, 0.3) is 0 Å². The smallest absolute Gasteiger partial charge is 0.243 e. The Labute approximate surface area is 162 Å². The normalized spacial score (nSPS) is 18.9. The Hall–Kier alpha value is -1.97. The molecule has 0 aliphatic carbocycles. The number of hydrogen-bond donors (Lipinski definition) is 0. The van der Waals surface area contributed by atoms with Crippen molar-refractivity contribution in [3.05, 3.63) is 40.7 Å². The molecule has 0 atom stereocenters. The van der Waals surface area contributed by atoms with Gasteiger partial charge in [0.05, 0.1) is 23.7 Å². The van der Waals surface area contributed by atoms with Crippen LogP contribution >= 0.6 is 11.6 Å². The molecule has 0 unspecified atom stereocenters. The molecule has 2 aromatic rings. The maximum Gasteiger partial charge on any atom is 0.243 e. The van der Waals surface area contributed by atoms with Crippen molar-refractivity contribution in [1.82, 2.24) is 24.2 Å². The van der Waals surface area contributed by atoms with E-state index in [0.29, 0.717) is 36.6 Å². The van der Waals surface area contributed by atoms with E-state index in [9.17, 15) is 13.2 Å². The van der Waals surface area contributed by atoms with Crippen molar-refractivity contribution in [3.63, 3.8) is 0 Å². The van der Waals surface area contributed by atoms with E-state index in [-0.39, 0.29) is 16.8 Å². The summed E-state index contributed by atoms with van der Waals surface area (Å²) in [6.45, 7) is 3.62. The van der Waals surface area contributed by atoms with Gasteiger partial charge in [0.15, 0.2) is 0 Å². The summed E-state index contributed by atoms with van der Waals surface area (Å²) >= 11 is 5.96. The number of hydrogen-bond acceptors (Lipinski definition) is 5. The van der Waals surface area contributed by atoms with Gasteiger partial charge >= 0.3 is 0 Å². The van der Waals surface area contributed by atoms with Crippen LogP contribution in [0.2, 0.25) is 5.02 Å². The van der Waals surface area contributed by atoms with Crippen LogP contribution < -0.4 is 0 Å². The highest BCUT2D eigenvalue weighted by Gasteiger charge is 2.39. The first-order valence-electron chi connectivity index (χ1n) is 8.79. The predicted octanol–water partition coefficient (Wildman–Crippen LogP) is 1.61. The van der Waals surface area contributed by atoms with Crippen molar-refractivity contribution in [3.8, 4) is 0 Å². The molecule has 1 amide bonds. The van der Waals surface area contributed by atoms with Crippen LogP contribution in [0, 0.1) is 6.92 Å². The monoisotopic (exact) mass is 409 g/mol. The number of likely N-dealkylation sites (tertiary alicyclic amines) is 1. The molecule has 27 heavy (non-hydrogen) atoms. The van der Waals surface area contributed by atoms with Gasteiger partial charge in [-0.25, -0.2) is 13.1 Å². The Bertz CT molecular complexity index is 984. The molecule has 0 bridgehead atoms. The van der Waals surface area contributed by atoms with Crippen LogP contribution in [-0.4, -0.2) is 58.2 Å². The van der Waals surface area contributed by atoms with Gasteiger partial charge in [0.2, 0.25) is 15.9 Å². The highest BCUT2D eigenvalue weighted by atomic mass is 35.5. The number of nitrogens with zero attached hydrogens (tertiary/aromatic N) is 5. The molecule has 2 saturated heterocycles. The lowest BCUT2D eigenvalue weighted by Gasteiger charge is -2.37. The van der Waals surface area contributed by atoms with E-state index in [1.54, 1.807) is 34.8 Å². The number of aromatic nitrogens is 3. The maximum atomic E-state index is 12.8. The fourth-order valence-corrected chi connectivity index (χ4v) is 5.40. The van der Waals surface area contributed by atoms with Crippen molar-refractivity contribution in [1.29, 1.82) is 0 Å². The molecule has 0 saturated carbocycles. The number of halogens is 1. The third-order valence-corrected chi connectivity index (χ3v) is 7.26. The van der Waals surface area contributed by atoms with Crippen LogP contribution in [0.5, 0.6) is 0 Å². The zero-order valence-electron chi connectivity index (χ0n) is 14.9. The van der Waals surface area contributed by atoms with Crippen LogP contribution in [0.4, 0.5) is 0 Å². The Morgan fingerprint density at radius 3 is 2.78 bits per heavy atom. The molecule has 4 rings (SSSR count). The summed E-state index contributed by atoms with van der Waals surface area (Å²) in [5.74, 6) is 0.141. The molecule has 0 radical (unpaired) electrons. The molecule has 8 nitrogen and oxygen atoms in total. The van der Waals surface area contributed by atoms with E-state index in [1.807, 2.05) is 0 Å². The van der Waals surface area contributed by atoms with Crippen molar-refractivity contribution in [2.75, 3.05) is 19.6 Å². The number of aryl methyl sites for hydroxylation is 1. The summed E-state index contributed by atoms with van der Waals surface area (Å²) in [6.07, 6.45) is 3.27. The van der Waals surface area contributed by atoms with Crippen molar-refractivity contribution < 1.29 is 13.2 Å². The second-order valence-electron chi connectivity index (χ2n) is 6.99. The van der Waals surface area contributed by atoms with E-state index in [1.165, 1.54) is 10.4 Å². The summed E-state index contributed by atoms with van der Waals surface area (Å²) in [5.41, 5.74) is 1.39. The number of benzene rings is 1. The minimum absolute atomic E-state index is 0.0604. The zero-order chi connectivity index (χ0) is 19.2. The van der Waals surface area contributed by atoms with Gasteiger partial charge < -0.3 is 4.90 Å². The van der Waals surface area contributed by atoms with Gasteiger partial charge in [-0.05, 0) is 31.0 Å². The molecule has 144 valence electrons. The lowest BCUT2D eigenvalue weighted by atomic mass is 10.2. The van der Waals surface area contributed by atoms with E-state index >= 15 is 0 Å². The first kappa shape index (κ1) is 18.4. The quantitative estimate of drug-likeness (QED) is 0.748. The summed E-state index contributed by atoms with van der Waals surface area (Å²) in [5, 5.41) is 8.63. The minimum atomic E-state index is -3.58. The SMILES string of the molecule is Cc1ccc(Cl)cc1S(=O)(=O)N1CC(n2cc(CN3CCCC3=O)nn2)C1. The average Bonchev–Trinajstić information content (AvgIpc) is 3.18. The lowest BCUT2D eigenvalue weighted by molar-refractivity contribution is -0.128. The Morgan fingerprint density at radius 1 is 1.30 bits per heavy atom. The number of rotatable bonds is 5. The topological polar surface area (TPSA) is 88.4 Å². The van der Waals surface area contributed by atoms with Gasteiger partial charge in [-0.15, -0.1) is 5.10 Å². The van der Waals surface area contributed by atoms with Crippen molar-refractivity contribution in [2.24, 2.45) is 0 Å². The second kappa shape index (κ2) is 6.88. The standard InChI is InChI=1S/C17H20ClN5O3S/c1-12-4-5-13(18)7-16(12)27(25,26)22-10-15(11-22)23-9-14(19-20-23)8-21-6-2-3-17(21)24/h4-5,7,9,15H,2-3,6,8,10-11H2,1H3. The largest absolute Gasteiger partial charge is 0.337 e. The molecule has 0 N–H and O–H groups in total. The summed E-state index contributed by atoms with van der Waals surface area (Å²) < 4.78 is 28.7. The number of carbonyl (C=O) groups excluding carboxylic acids is 1. The fraction of sp³-hybridized carbons (Fsp3) is 0.471. The first-order valence-corrected chi connectivity index (χ1v) is 10.6. The van der Waals surface area contributed by atoms with Crippen molar-refractivity contribution >= 4 is 27.5 Å². The van der Waals surface area contributed by atoms with Gasteiger partial charge in [0.25, 0.3) is 0 Å². The van der Waals surface area contributed by atoms with Crippen molar-refractivity contribution in [2.45, 2.75) is 37.2 Å². The van der Waals surface area contributed by atoms with E-state index < -0.39 is 10.0 Å². The molecular weight excluding hydrogens is 390 g/mol. The highest BCUT2D eigenvalue weighted by molar-refractivity contribution is 7.89. The van der Waals surface area contributed by atoms with Crippen LogP contribution in [0.15, 0.2) is 29.3 Å². The molecule has 2 aliphatic heterocycles. The summed E-state index contributed by atoms with van der Waals surface area (Å²) in [6, 6.07) is 4.81. The van der Waals surface area contributed by atoms with E-state index in [2.05, 4.69) is 10.3 Å². The molecule has 3 heterocycles. The maximum absolute atomic E-state index is 12.8. The van der Waals surface area contributed by atoms with Gasteiger partial charge in [0, 0.05) is 31.1 Å². The summed E-state index contributed by atoms with van der Waals surface area (Å²) in [7, 11) is -3.58. The van der Waals surface area contributed by atoms with Crippen LogP contribution in [-0.2, 0) is 21.4 Å². The lowest BCUT2D eigenvalue weighted by Crippen LogP contribution is -2.50. The molecule has 2 fully saturated rings. The number of amides is 1. The van der Waals surface area contributed by atoms with Crippen LogP contribution in [0.1, 0.15) is 30.1 Å². The molecule has 0 spiro atoms. The predicted molar refractivity (Wildman–Crippen MR) is 98.7 cm³/mol. The minimum Gasteiger partial charge on any atom is -0.337 e. The van der Waals surface area contributed by atoms with E-state index in [4.69, 9.17) is 11.6 Å². The van der Waals surface area contributed by atoms with Gasteiger partial charge in [-0.2, -0.15) is 4.31 Å². The van der Waals surface area contributed by atoms with Gasteiger partial charge in [-0.1, -0.05) is 22.9 Å². The first-order chi connectivity index (χ1) is 12.8. The molecule has 1 aromatic heterocycles. The zero-order valence-corrected chi connectivity index (χ0v) is 16.4. The average molecular weight is 410 g/mol. The Balaban J connectivity index is 1.42. The Morgan fingerprint density at radius 2 is 2.07 bits per heavy atom. The summed E-state index contributed by atoms with van der Waals surface area (Å²) in [4.78, 5) is 13.7. The number of carbonyl (C=O) groups is 1. The highest BCUT2D eigenvalue weighted by Crippen LogP contribution is 2.30. The fourth-order valence-electron chi connectivity index (χ4n) is 3.40.